The minimum atomic E-state index is -1.02. The van der Waals surface area contributed by atoms with Gasteiger partial charge in [0, 0.05) is 11.8 Å². The standard InChI is InChI=1S/C29H31ClN2O5S/c1-4-13-31(24-16(2)9-8-12-19(24)30)27(35)25-29-17(3)14-21(38-29)22(28(36)37)23(29)26(34)32(25)20(15-33)18-10-6-5-7-11-18/h4-12,17,20-23,25,33H,1,13-15H2,2-3H3,(H,36,37)/t17?,20-,21+,22-,23+,25?,29?/m1/s1. The Morgan fingerprint density at radius 1 is 1.26 bits per heavy atom. The second kappa shape index (κ2) is 10.1. The first-order valence-corrected chi connectivity index (χ1v) is 14.0. The highest BCUT2D eigenvalue weighted by molar-refractivity contribution is 8.02. The van der Waals surface area contributed by atoms with Crippen molar-refractivity contribution < 1.29 is 24.6 Å². The molecule has 0 aromatic heterocycles. The van der Waals surface area contributed by atoms with Crippen molar-refractivity contribution in [2.45, 2.75) is 42.3 Å². The van der Waals surface area contributed by atoms with Gasteiger partial charge in [-0.15, -0.1) is 18.3 Å². The van der Waals surface area contributed by atoms with E-state index in [1.165, 1.54) is 16.7 Å². The Bertz CT molecular complexity index is 1270. The molecule has 2 amide bonds. The normalized spacial score (nSPS) is 30.3. The summed E-state index contributed by atoms with van der Waals surface area (Å²) in [6.45, 7) is 7.46. The van der Waals surface area contributed by atoms with Crippen molar-refractivity contribution in [3.63, 3.8) is 0 Å². The predicted octanol–water partition coefficient (Wildman–Crippen LogP) is 4.32. The fraction of sp³-hybridized carbons (Fsp3) is 0.414. The number of carbonyl (C=O) groups is 3. The summed E-state index contributed by atoms with van der Waals surface area (Å²) in [6, 6.07) is 12.7. The molecule has 9 heteroatoms. The number of likely N-dealkylation sites (tertiary alicyclic amines) is 1. The van der Waals surface area contributed by atoms with Crippen molar-refractivity contribution in [1.29, 1.82) is 0 Å². The highest BCUT2D eigenvalue weighted by Crippen LogP contribution is 2.69. The van der Waals surface area contributed by atoms with Gasteiger partial charge in [0.25, 0.3) is 5.91 Å². The molecular weight excluding hydrogens is 524 g/mol. The highest BCUT2D eigenvalue weighted by Gasteiger charge is 2.77. The maximum absolute atomic E-state index is 14.8. The first-order valence-electron chi connectivity index (χ1n) is 12.7. The quantitative estimate of drug-likeness (QED) is 0.472. The van der Waals surface area contributed by atoms with Crippen molar-refractivity contribution in [3.8, 4) is 0 Å². The molecule has 0 radical (unpaired) electrons. The molecule has 3 saturated heterocycles. The van der Waals surface area contributed by atoms with Crippen LogP contribution < -0.4 is 4.90 Å². The third-order valence-corrected chi connectivity index (χ3v) is 10.8. The average Bonchev–Trinajstić information content (AvgIpc) is 3.48. The second-order valence-electron chi connectivity index (χ2n) is 10.4. The van der Waals surface area contributed by atoms with Gasteiger partial charge in [-0.2, -0.15) is 0 Å². The van der Waals surface area contributed by atoms with Gasteiger partial charge in [-0.25, -0.2) is 0 Å². The van der Waals surface area contributed by atoms with Crippen LogP contribution in [0.15, 0.2) is 61.2 Å². The van der Waals surface area contributed by atoms with Crippen LogP contribution in [0.3, 0.4) is 0 Å². The summed E-state index contributed by atoms with van der Waals surface area (Å²) in [4.78, 5) is 44.6. The van der Waals surface area contributed by atoms with Crippen LogP contribution in [0.2, 0.25) is 5.02 Å². The first kappa shape index (κ1) is 26.8. The second-order valence-corrected chi connectivity index (χ2v) is 12.3. The zero-order valence-electron chi connectivity index (χ0n) is 21.3. The van der Waals surface area contributed by atoms with Gasteiger partial charge in [-0.3, -0.25) is 14.4 Å². The minimum absolute atomic E-state index is 0.0889. The topological polar surface area (TPSA) is 98.2 Å². The van der Waals surface area contributed by atoms with E-state index in [2.05, 4.69) is 6.58 Å². The molecule has 38 heavy (non-hydrogen) atoms. The number of anilines is 1. The van der Waals surface area contributed by atoms with E-state index in [1.54, 1.807) is 17.0 Å². The van der Waals surface area contributed by atoms with Crippen molar-refractivity contribution in [3.05, 3.63) is 77.3 Å². The first-order chi connectivity index (χ1) is 18.2. The van der Waals surface area contributed by atoms with Crippen LogP contribution in [0.4, 0.5) is 5.69 Å². The Kier molecular flexibility index (Phi) is 7.09. The largest absolute Gasteiger partial charge is 0.481 e. The number of benzene rings is 2. The van der Waals surface area contributed by atoms with Gasteiger partial charge in [0.1, 0.15) is 6.04 Å². The number of carboxylic acid groups (broad SMARTS) is 1. The Hall–Kier alpha value is -2.81. The molecule has 200 valence electrons. The lowest BCUT2D eigenvalue weighted by atomic mass is 9.66. The molecule has 0 aliphatic carbocycles. The van der Waals surface area contributed by atoms with Crippen LogP contribution in [0.25, 0.3) is 0 Å². The molecule has 3 aliphatic heterocycles. The number of aliphatic carboxylic acids is 1. The zero-order chi connectivity index (χ0) is 27.4. The van der Waals surface area contributed by atoms with Crippen molar-refractivity contribution in [1.82, 2.24) is 4.90 Å². The molecule has 0 saturated carbocycles. The molecule has 3 unspecified atom stereocenters. The van der Waals surface area contributed by atoms with E-state index in [9.17, 15) is 24.6 Å². The molecule has 7 atom stereocenters. The number of hydrogen-bond donors (Lipinski definition) is 2. The third kappa shape index (κ3) is 3.80. The zero-order valence-corrected chi connectivity index (χ0v) is 22.9. The van der Waals surface area contributed by atoms with Gasteiger partial charge in [-0.1, -0.05) is 67.1 Å². The number of fused-ring (bicyclic) bond motifs is 1. The third-order valence-electron chi connectivity index (χ3n) is 8.43. The van der Waals surface area contributed by atoms with Crippen LogP contribution in [0.5, 0.6) is 0 Å². The molecule has 3 aliphatic rings. The van der Waals surface area contributed by atoms with Crippen molar-refractivity contribution >= 4 is 46.8 Å². The number of hydrogen-bond acceptors (Lipinski definition) is 5. The van der Waals surface area contributed by atoms with Crippen LogP contribution in [-0.4, -0.2) is 62.1 Å². The molecule has 1 spiro atoms. The molecule has 2 N–H and O–H groups in total. The van der Waals surface area contributed by atoms with Gasteiger partial charge in [-0.05, 0) is 36.5 Å². The summed E-state index contributed by atoms with van der Waals surface area (Å²) in [7, 11) is 0. The van der Waals surface area contributed by atoms with Gasteiger partial charge < -0.3 is 20.0 Å². The number of aliphatic hydroxyl groups is 1. The summed E-state index contributed by atoms with van der Waals surface area (Å²) >= 11 is 8.08. The van der Waals surface area contributed by atoms with Crippen molar-refractivity contribution in [2.24, 2.45) is 17.8 Å². The summed E-state index contributed by atoms with van der Waals surface area (Å²) in [5, 5.41) is 20.9. The molecule has 2 bridgehead atoms. The lowest BCUT2D eigenvalue weighted by Crippen LogP contribution is -2.58. The van der Waals surface area contributed by atoms with Gasteiger partial charge >= 0.3 is 5.97 Å². The smallest absolute Gasteiger partial charge is 0.308 e. The fourth-order valence-electron chi connectivity index (χ4n) is 6.92. The molecular formula is C29H31ClN2O5S. The lowest BCUT2D eigenvalue weighted by molar-refractivity contribution is -0.149. The Labute approximate surface area is 231 Å². The van der Waals surface area contributed by atoms with Gasteiger partial charge in [0.2, 0.25) is 5.91 Å². The molecule has 5 rings (SSSR count). The van der Waals surface area contributed by atoms with Crippen molar-refractivity contribution in [2.75, 3.05) is 18.1 Å². The number of carbonyl (C=O) groups excluding carboxylic acids is 2. The molecule has 7 nitrogen and oxygen atoms in total. The molecule has 2 aromatic carbocycles. The number of nitrogens with zero attached hydrogens (tertiary/aromatic N) is 2. The number of aliphatic hydroxyl groups excluding tert-OH is 1. The van der Waals surface area contributed by atoms with Gasteiger partial charge in [0.15, 0.2) is 0 Å². The number of aryl methyl sites for hydroxylation is 1. The minimum Gasteiger partial charge on any atom is -0.481 e. The lowest BCUT2D eigenvalue weighted by Gasteiger charge is -2.42. The number of carboxylic acids is 1. The number of thioether (sulfide) groups is 1. The summed E-state index contributed by atoms with van der Waals surface area (Å²) in [6.07, 6.45) is 2.21. The fourth-order valence-corrected chi connectivity index (χ4v) is 9.64. The van der Waals surface area contributed by atoms with E-state index in [4.69, 9.17) is 11.6 Å². The predicted molar refractivity (Wildman–Crippen MR) is 148 cm³/mol. The molecule has 3 fully saturated rings. The van der Waals surface area contributed by atoms with E-state index in [0.29, 0.717) is 22.7 Å². The summed E-state index contributed by atoms with van der Waals surface area (Å²) in [5.74, 6) is -3.62. The Morgan fingerprint density at radius 3 is 2.58 bits per heavy atom. The number of amides is 2. The Balaban J connectivity index is 1.71. The summed E-state index contributed by atoms with van der Waals surface area (Å²) in [5.41, 5.74) is 2.01. The molecule has 2 aromatic rings. The van der Waals surface area contributed by atoms with E-state index in [1.807, 2.05) is 56.3 Å². The average molecular weight is 555 g/mol. The highest BCUT2D eigenvalue weighted by atomic mass is 35.5. The SMILES string of the molecule is C=CCN(C(=O)C1N([C@H](CO)c2ccccc2)C(=O)[C@@H]2[C@H](C(=O)O)[C@@H]3CC(C)C12S3)c1c(C)cccc1Cl. The van der Waals surface area contributed by atoms with Crippen LogP contribution in [-0.2, 0) is 14.4 Å². The molecule has 3 heterocycles. The monoisotopic (exact) mass is 554 g/mol. The number of para-hydroxylation sites is 1. The van der Waals surface area contributed by atoms with Crippen LogP contribution in [0, 0.1) is 24.7 Å². The van der Waals surface area contributed by atoms with Crippen LogP contribution in [0.1, 0.15) is 30.5 Å². The summed E-state index contributed by atoms with van der Waals surface area (Å²) < 4.78 is -0.946. The van der Waals surface area contributed by atoms with E-state index in [0.717, 1.165) is 5.56 Å². The number of halogens is 1. The maximum atomic E-state index is 14.8. The maximum Gasteiger partial charge on any atom is 0.308 e. The van der Waals surface area contributed by atoms with Crippen LogP contribution >= 0.6 is 23.4 Å². The van der Waals surface area contributed by atoms with E-state index in [-0.39, 0.29) is 23.6 Å². The van der Waals surface area contributed by atoms with E-state index < -0.39 is 47.1 Å². The number of rotatable bonds is 8. The van der Waals surface area contributed by atoms with E-state index >= 15 is 0 Å². The van der Waals surface area contributed by atoms with Gasteiger partial charge in [0.05, 0.1) is 39.9 Å². The Morgan fingerprint density at radius 2 is 1.97 bits per heavy atom.